The zero-order chi connectivity index (χ0) is 4.28. The van der Waals surface area contributed by atoms with Gasteiger partial charge in [0.2, 0.25) is 0 Å². The van der Waals surface area contributed by atoms with E-state index >= 15 is 0 Å². The highest BCUT2D eigenvalue weighted by molar-refractivity contribution is 6.48. The first kappa shape index (κ1) is 4.82. The molecule has 0 rings (SSSR count). The van der Waals surface area contributed by atoms with Gasteiger partial charge in [-0.1, -0.05) is 0 Å². The third kappa shape index (κ3) is 3.82. The summed E-state index contributed by atoms with van der Waals surface area (Å²) in [5, 5.41) is 0. The minimum atomic E-state index is -3.39. The van der Waals surface area contributed by atoms with Crippen LogP contribution in [0.1, 0.15) is 0 Å². The molecule has 30 valence electrons. The van der Waals surface area contributed by atoms with Crippen molar-refractivity contribution in [2.45, 2.75) is 0 Å². The highest BCUT2D eigenvalue weighted by Crippen LogP contribution is 1.81. The molecule has 0 unspecified atom stereocenters. The smallest absolute Gasteiger partial charge is 0.269 e. The first-order chi connectivity index (χ1) is 2.27. The van der Waals surface area contributed by atoms with Gasteiger partial charge < -0.3 is 0 Å². The van der Waals surface area contributed by atoms with Gasteiger partial charge in [0.25, 0.3) is 0 Å². The molecule has 0 atom stereocenters. The van der Waals surface area contributed by atoms with Crippen LogP contribution >= 0.6 is 0 Å². The van der Waals surface area contributed by atoms with Gasteiger partial charge in [-0.05, 0) is 5.70 Å². The van der Waals surface area contributed by atoms with E-state index < -0.39 is 9.46 Å². The molecule has 0 aliphatic carbocycles. The average molecular weight is 94.1 g/mol. The van der Waals surface area contributed by atoms with Crippen LogP contribution in [0.25, 0.3) is 0 Å². The lowest BCUT2D eigenvalue weighted by atomic mass is 11.3. The third-order valence-electron chi connectivity index (χ3n) is 0.178. The maximum absolute atomic E-state index is 10.8. The molecule has 0 aromatic carbocycles. The molecule has 0 bridgehead atoms. The number of rotatable bonds is 1. The molecule has 0 heterocycles. The third-order valence-corrected chi connectivity index (χ3v) is 0.535. The average Bonchev–Trinajstić information content (AvgIpc) is 1.38. The van der Waals surface area contributed by atoms with Crippen LogP contribution < -0.4 is 0 Å². The zero-order valence-corrected chi connectivity index (χ0v) is 3.77. The summed E-state index contributed by atoms with van der Waals surface area (Å²) in [6.45, 7) is 2.87. The van der Waals surface area contributed by atoms with Crippen molar-refractivity contribution in [2.24, 2.45) is 0 Å². The Bertz CT molecular complexity index is 34.6. The van der Waals surface area contributed by atoms with E-state index in [1.165, 1.54) is 0 Å². The summed E-state index contributed by atoms with van der Waals surface area (Å²) in [4.78, 5) is 0. The summed E-state index contributed by atoms with van der Waals surface area (Å²) in [5.74, 6) is 0. The Labute approximate surface area is 31.1 Å². The van der Waals surface area contributed by atoms with Gasteiger partial charge in [0.15, 0.2) is 0 Å². The SMILES string of the molecule is C=C[SiH](F)F. The van der Waals surface area contributed by atoms with E-state index in [1.807, 2.05) is 0 Å². The molecule has 3 heteroatoms. The molecule has 0 radical (unpaired) electrons. The maximum Gasteiger partial charge on any atom is 0.434 e. The van der Waals surface area contributed by atoms with Crippen molar-refractivity contribution in [3.05, 3.63) is 12.3 Å². The fraction of sp³-hybridized carbons (Fsp3) is 0. The first-order valence-corrected chi connectivity index (χ1v) is 2.72. The maximum atomic E-state index is 10.8. The Morgan fingerprint density at radius 2 is 1.80 bits per heavy atom. The van der Waals surface area contributed by atoms with E-state index in [-0.39, 0.29) is 0 Å². The van der Waals surface area contributed by atoms with Crippen molar-refractivity contribution in [2.75, 3.05) is 0 Å². The van der Waals surface area contributed by atoms with Gasteiger partial charge >= 0.3 is 9.46 Å². The molecule has 0 aliphatic heterocycles. The summed E-state index contributed by atoms with van der Waals surface area (Å²) in [7, 11) is -3.39. The van der Waals surface area contributed by atoms with Gasteiger partial charge in [0.1, 0.15) is 0 Å². The van der Waals surface area contributed by atoms with Gasteiger partial charge in [0.05, 0.1) is 0 Å². The zero-order valence-electron chi connectivity index (χ0n) is 2.62. The molecule has 0 saturated carbocycles. The minimum Gasteiger partial charge on any atom is -0.269 e. The van der Waals surface area contributed by atoms with Crippen molar-refractivity contribution in [1.82, 2.24) is 0 Å². The number of halogens is 2. The predicted molar refractivity (Wildman–Crippen MR) is 19.6 cm³/mol. The van der Waals surface area contributed by atoms with E-state index in [9.17, 15) is 8.22 Å². The Morgan fingerprint density at radius 1 is 1.60 bits per heavy atom. The van der Waals surface area contributed by atoms with Gasteiger partial charge in [0, 0.05) is 0 Å². The molecular weight excluding hydrogens is 90.1 g/mol. The van der Waals surface area contributed by atoms with Crippen LogP contribution in [-0.2, 0) is 0 Å². The monoisotopic (exact) mass is 94.0 g/mol. The highest BCUT2D eigenvalue weighted by atomic mass is 28.4. The highest BCUT2D eigenvalue weighted by Gasteiger charge is 1.93. The molecule has 0 saturated heterocycles. The Kier molecular flexibility index (Phi) is 2.00. The molecule has 0 aromatic rings. The number of hydrogen-bond donors (Lipinski definition) is 0. The Morgan fingerprint density at radius 3 is 1.80 bits per heavy atom. The van der Waals surface area contributed by atoms with E-state index in [1.54, 1.807) is 0 Å². The topological polar surface area (TPSA) is 0 Å². The molecule has 0 fully saturated rings. The van der Waals surface area contributed by atoms with Crippen molar-refractivity contribution in [3.63, 3.8) is 0 Å². The normalized spacial score (nSPS) is 8.60. The van der Waals surface area contributed by atoms with Crippen molar-refractivity contribution >= 4 is 9.46 Å². The van der Waals surface area contributed by atoms with E-state index in [2.05, 4.69) is 6.58 Å². The van der Waals surface area contributed by atoms with Crippen LogP contribution in [0.4, 0.5) is 8.22 Å². The second-order valence-corrected chi connectivity index (χ2v) is 1.71. The number of hydrogen-bond acceptors (Lipinski definition) is 0. The van der Waals surface area contributed by atoms with Gasteiger partial charge in [-0.2, -0.15) is 0 Å². The fourth-order valence-corrected chi connectivity index (χ4v) is 0. The van der Waals surface area contributed by atoms with Crippen LogP contribution in [0.3, 0.4) is 0 Å². The lowest BCUT2D eigenvalue weighted by Crippen LogP contribution is -1.84. The van der Waals surface area contributed by atoms with Crippen LogP contribution in [0.2, 0.25) is 0 Å². The molecule has 0 nitrogen and oxygen atoms in total. The van der Waals surface area contributed by atoms with Gasteiger partial charge in [-0.15, -0.1) is 6.58 Å². The quantitative estimate of drug-likeness (QED) is 0.334. The fourth-order valence-electron chi connectivity index (χ4n) is 0. The summed E-state index contributed by atoms with van der Waals surface area (Å²) in [6.07, 6.45) is 0. The minimum absolute atomic E-state index is 0.722. The Balaban J connectivity index is 2.83. The largest absolute Gasteiger partial charge is 0.434 e. The molecular formula is C2H4F2Si. The van der Waals surface area contributed by atoms with Crippen molar-refractivity contribution in [3.8, 4) is 0 Å². The standard InChI is InChI=1S/C2H4F2Si/c1-2-5(3)4/h2,5H,1H2. The molecule has 0 N–H and O–H groups in total. The van der Waals surface area contributed by atoms with E-state index in [0.717, 1.165) is 5.70 Å². The summed E-state index contributed by atoms with van der Waals surface area (Å²) in [6, 6.07) is 0. The van der Waals surface area contributed by atoms with Gasteiger partial charge in [-0.3, -0.25) is 8.22 Å². The van der Waals surface area contributed by atoms with Crippen LogP contribution in [0.15, 0.2) is 12.3 Å². The molecule has 0 aliphatic rings. The van der Waals surface area contributed by atoms with Crippen LogP contribution in [-0.4, -0.2) is 9.46 Å². The second-order valence-electron chi connectivity index (χ2n) is 0.570. The lowest BCUT2D eigenvalue weighted by Gasteiger charge is -1.70. The molecule has 0 amide bonds. The Hall–Kier alpha value is -0.183. The predicted octanol–water partition coefficient (Wildman–Crippen LogP) is 0.871. The van der Waals surface area contributed by atoms with E-state index in [4.69, 9.17) is 0 Å². The lowest BCUT2D eigenvalue weighted by molar-refractivity contribution is 0.683. The molecule has 0 aromatic heterocycles. The van der Waals surface area contributed by atoms with Crippen LogP contribution in [0.5, 0.6) is 0 Å². The summed E-state index contributed by atoms with van der Waals surface area (Å²) >= 11 is 0. The van der Waals surface area contributed by atoms with Crippen molar-refractivity contribution < 1.29 is 8.22 Å². The van der Waals surface area contributed by atoms with E-state index in [0.29, 0.717) is 0 Å². The van der Waals surface area contributed by atoms with Gasteiger partial charge in [-0.25, -0.2) is 0 Å². The summed E-state index contributed by atoms with van der Waals surface area (Å²) < 4.78 is 21.6. The molecule has 0 spiro atoms. The van der Waals surface area contributed by atoms with Crippen molar-refractivity contribution in [1.29, 1.82) is 0 Å². The second kappa shape index (κ2) is 2.08. The molecule has 5 heavy (non-hydrogen) atoms. The summed E-state index contributed by atoms with van der Waals surface area (Å²) in [5.41, 5.74) is 0.722. The first-order valence-electron chi connectivity index (χ1n) is 1.18. The van der Waals surface area contributed by atoms with Crippen LogP contribution in [0, 0.1) is 0 Å².